The number of nitrogens with zero attached hydrogens (tertiary/aromatic N) is 2. The van der Waals surface area contributed by atoms with E-state index in [-0.39, 0.29) is 16.8 Å². The molecule has 3 atom stereocenters. The van der Waals surface area contributed by atoms with Gasteiger partial charge < -0.3 is 10.2 Å². The van der Waals surface area contributed by atoms with Crippen LogP contribution in [0.3, 0.4) is 0 Å². The van der Waals surface area contributed by atoms with Gasteiger partial charge in [0.2, 0.25) is 0 Å². The Morgan fingerprint density at radius 1 is 1.52 bits per heavy atom. The van der Waals surface area contributed by atoms with E-state index in [0.29, 0.717) is 17.5 Å². The molecule has 1 aromatic carbocycles. The molecular formula is C14H17ClFN3O2. The van der Waals surface area contributed by atoms with Crippen LogP contribution in [0.5, 0.6) is 0 Å². The number of hydrogen-bond acceptors (Lipinski definition) is 4. The molecule has 2 aliphatic heterocycles. The van der Waals surface area contributed by atoms with Gasteiger partial charge in [0.25, 0.3) is 5.69 Å². The molecule has 0 radical (unpaired) electrons. The zero-order valence-electron chi connectivity index (χ0n) is 11.7. The first-order valence-corrected chi connectivity index (χ1v) is 7.51. The Bertz CT molecular complexity index is 584. The lowest BCUT2D eigenvalue weighted by molar-refractivity contribution is -0.384. The maximum Gasteiger partial charge on any atom is 0.295 e. The predicted molar refractivity (Wildman–Crippen MR) is 79.3 cm³/mol. The van der Waals surface area contributed by atoms with Crippen LogP contribution in [0.25, 0.3) is 0 Å². The van der Waals surface area contributed by atoms with Crippen molar-refractivity contribution in [2.75, 3.05) is 24.5 Å². The summed E-state index contributed by atoms with van der Waals surface area (Å²) in [5, 5.41) is 14.5. The molecule has 114 valence electrons. The fraction of sp³-hybridized carbons (Fsp3) is 0.571. The van der Waals surface area contributed by atoms with Crippen LogP contribution in [0.15, 0.2) is 12.1 Å². The Hall–Kier alpha value is -1.40. The SMILES string of the molecule is CCC1C2CNCC2CN1c1cc(Cl)c(F)cc1[N+](=O)[O-]. The highest BCUT2D eigenvalue weighted by Crippen LogP contribution is 2.42. The number of nitro groups is 1. The van der Waals surface area contributed by atoms with Gasteiger partial charge in [-0.2, -0.15) is 0 Å². The van der Waals surface area contributed by atoms with E-state index in [1.807, 2.05) is 4.90 Å². The van der Waals surface area contributed by atoms with Gasteiger partial charge >= 0.3 is 0 Å². The molecule has 0 amide bonds. The monoisotopic (exact) mass is 313 g/mol. The summed E-state index contributed by atoms with van der Waals surface area (Å²) in [5.41, 5.74) is 0.232. The molecule has 3 rings (SSSR count). The molecule has 2 heterocycles. The third-order valence-corrected chi connectivity index (χ3v) is 4.95. The minimum absolute atomic E-state index is 0.0689. The topological polar surface area (TPSA) is 58.4 Å². The fourth-order valence-corrected chi connectivity index (χ4v) is 3.88. The second kappa shape index (κ2) is 5.42. The molecule has 1 N–H and O–H groups in total. The van der Waals surface area contributed by atoms with Crippen LogP contribution in [-0.2, 0) is 0 Å². The van der Waals surface area contributed by atoms with E-state index < -0.39 is 10.7 Å². The Morgan fingerprint density at radius 3 is 2.95 bits per heavy atom. The van der Waals surface area contributed by atoms with E-state index in [0.717, 1.165) is 32.1 Å². The summed E-state index contributed by atoms with van der Waals surface area (Å²) < 4.78 is 13.6. The van der Waals surface area contributed by atoms with Gasteiger partial charge in [-0.05, 0) is 24.3 Å². The van der Waals surface area contributed by atoms with Crippen molar-refractivity contribution < 1.29 is 9.31 Å². The number of halogens is 2. The number of rotatable bonds is 3. The Morgan fingerprint density at radius 2 is 2.29 bits per heavy atom. The van der Waals surface area contributed by atoms with Crippen LogP contribution in [0.4, 0.5) is 15.8 Å². The average molecular weight is 314 g/mol. The number of benzene rings is 1. The number of nitro benzene ring substituents is 1. The summed E-state index contributed by atoms with van der Waals surface area (Å²) in [6, 6.07) is 2.55. The number of anilines is 1. The molecular weight excluding hydrogens is 297 g/mol. The van der Waals surface area contributed by atoms with E-state index in [1.54, 1.807) is 0 Å². The second-order valence-corrected chi connectivity index (χ2v) is 6.13. The minimum atomic E-state index is -0.749. The van der Waals surface area contributed by atoms with Crippen LogP contribution in [0.2, 0.25) is 5.02 Å². The lowest BCUT2D eigenvalue weighted by atomic mass is 9.93. The van der Waals surface area contributed by atoms with Gasteiger partial charge in [0.1, 0.15) is 11.5 Å². The number of nitrogens with one attached hydrogen (secondary N) is 1. The summed E-state index contributed by atoms with van der Waals surface area (Å²) in [7, 11) is 0. The van der Waals surface area contributed by atoms with E-state index in [9.17, 15) is 14.5 Å². The van der Waals surface area contributed by atoms with Crippen LogP contribution in [0, 0.1) is 27.8 Å². The molecule has 2 aliphatic rings. The molecule has 3 unspecified atom stereocenters. The molecule has 7 heteroatoms. The summed E-state index contributed by atoms with van der Waals surface area (Å²) in [6.45, 7) is 4.69. The highest BCUT2D eigenvalue weighted by Gasteiger charge is 2.44. The maximum atomic E-state index is 13.6. The molecule has 0 aromatic heterocycles. The molecule has 0 bridgehead atoms. The first kappa shape index (κ1) is 14.5. The standard InChI is InChI=1S/C14H17ClFN3O2/c1-2-12-9-6-17-5-8(9)7-18(12)13-3-10(15)11(16)4-14(13)19(20)21/h3-4,8-9,12,17H,2,5-7H2,1H3. The van der Waals surface area contributed by atoms with Gasteiger partial charge in [-0.1, -0.05) is 18.5 Å². The third kappa shape index (κ3) is 2.36. The minimum Gasteiger partial charge on any atom is -0.362 e. The van der Waals surface area contributed by atoms with E-state index in [4.69, 9.17) is 11.6 Å². The van der Waals surface area contributed by atoms with Gasteiger partial charge in [-0.3, -0.25) is 10.1 Å². The number of fused-ring (bicyclic) bond motifs is 1. The van der Waals surface area contributed by atoms with Crippen molar-refractivity contribution in [2.45, 2.75) is 19.4 Å². The fourth-order valence-electron chi connectivity index (χ4n) is 3.73. The summed E-state index contributed by atoms with van der Waals surface area (Å²) in [5.74, 6) is 0.220. The lowest BCUT2D eigenvalue weighted by Gasteiger charge is -2.28. The molecule has 5 nitrogen and oxygen atoms in total. The van der Waals surface area contributed by atoms with Gasteiger partial charge in [-0.15, -0.1) is 0 Å². The summed E-state index contributed by atoms with van der Waals surface area (Å²) in [6.07, 6.45) is 0.898. The van der Waals surface area contributed by atoms with Crippen molar-refractivity contribution in [2.24, 2.45) is 11.8 Å². The van der Waals surface area contributed by atoms with Gasteiger partial charge in [0.05, 0.1) is 16.0 Å². The Labute approximate surface area is 127 Å². The zero-order valence-corrected chi connectivity index (χ0v) is 12.4. The molecule has 0 saturated carbocycles. The largest absolute Gasteiger partial charge is 0.362 e. The third-order valence-electron chi connectivity index (χ3n) is 4.66. The van der Waals surface area contributed by atoms with Crippen molar-refractivity contribution in [1.29, 1.82) is 0 Å². The van der Waals surface area contributed by atoms with Crippen LogP contribution >= 0.6 is 11.6 Å². The zero-order chi connectivity index (χ0) is 15.1. The summed E-state index contributed by atoms with van der Waals surface area (Å²) in [4.78, 5) is 12.7. The average Bonchev–Trinajstić information content (AvgIpc) is 3.00. The normalized spacial score (nSPS) is 28.0. The summed E-state index contributed by atoms with van der Waals surface area (Å²) >= 11 is 5.84. The Kier molecular flexibility index (Phi) is 3.75. The van der Waals surface area contributed by atoms with Gasteiger partial charge in [0, 0.05) is 25.7 Å². The van der Waals surface area contributed by atoms with Gasteiger partial charge in [0.15, 0.2) is 0 Å². The van der Waals surface area contributed by atoms with Crippen molar-refractivity contribution in [3.63, 3.8) is 0 Å². The van der Waals surface area contributed by atoms with Gasteiger partial charge in [-0.25, -0.2) is 4.39 Å². The van der Waals surface area contributed by atoms with E-state index >= 15 is 0 Å². The molecule has 2 saturated heterocycles. The van der Waals surface area contributed by atoms with Crippen molar-refractivity contribution in [1.82, 2.24) is 5.32 Å². The van der Waals surface area contributed by atoms with Crippen molar-refractivity contribution >= 4 is 23.0 Å². The predicted octanol–water partition coefficient (Wildman–Crippen LogP) is 2.82. The van der Waals surface area contributed by atoms with E-state index in [1.165, 1.54) is 6.07 Å². The molecule has 0 spiro atoms. The maximum absolute atomic E-state index is 13.6. The first-order valence-electron chi connectivity index (χ1n) is 7.13. The van der Waals surface area contributed by atoms with Crippen molar-refractivity contribution in [3.05, 3.63) is 33.1 Å². The lowest BCUT2D eigenvalue weighted by Crippen LogP contribution is -2.35. The number of hydrogen-bond donors (Lipinski definition) is 1. The van der Waals surface area contributed by atoms with E-state index in [2.05, 4.69) is 12.2 Å². The molecule has 1 aromatic rings. The second-order valence-electron chi connectivity index (χ2n) is 5.72. The quantitative estimate of drug-likeness (QED) is 0.688. The molecule has 21 heavy (non-hydrogen) atoms. The van der Waals surface area contributed by atoms with Crippen LogP contribution < -0.4 is 10.2 Å². The van der Waals surface area contributed by atoms with Crippen LogP contribution in [-0.4, -0.2) is 30.6 Å². The highest BCUT2D eigenvalue weighted by molar-refractivity contribution is 6.31. The first-order chi connectivity index (χ1) is 10.0. The van der Waals surface area contributed by atoms with Crippen LogP contribution in [0.1, 0.15) is 13.3 Å². The smallest absolute Gasteiger partial charge is 0.295 e. The molecule has 2 fully saturated rings. The molecule has 0 aliphatic carbocycles. The van der Waals surface area contributed by atoms with Crippen molar-refractivity contribution in [3.8, 4) is 0 Å². The highest BCUT2D eigenvalue weighted by atomic mass is 35.5. The Balaban J connectivity index is 2.03.